The second kappa shape index (κ2) is 6.80. The Labute approximate surface area is 162 Å². The van der Waals surface area contributed by atoms with Gasteiger partial charge in [0.15, 0.2) is 5.76 Å². The fraction of sp³-hybridized carbons (Fsp3) is 0.273. The van der Waals surface area contributed by atoms with E-state index in [9.17, 15) is 4.79 Å². The molecule has 0 saturated carbocycles. The Morgan fingerprint density at radius 3 is 2.36 bits per heavy atom. The van der Waals surface area contributed by atoms with Gasteiger partial charge in [-0.15, -0.1) is 0 Å². The second-order valence-electron chi connectivity index (χ2n) is 7.28. The zero-order valence-corrected chi connectivity index (χ0v) is 15.2. The zero-order chi connectivity index (χ0) is 19.1. The highest BCUT2D eigenvalue weighted by atomic mass is 16.6. The number of fused-ring (bicyclic) bond motifs is 3. The van der Waals surface area contributed by atoms with Crippen molar-refractivity contribution in [1.82, 2.24) is 10.1 Å². The van der Waals surface area contributed by atoms with E-state index in [-0.39, 0.29) is 24.5 Å². The fourth-order valence-corrected chi connectivity index (χ4v) is 4.10. The van der Waals surface area contributed by atoms with Crippen molar-refractivity contribution in [1.29, 1.82) is 0 Å². The van der Waals surface area contributed by atoms with E-state index in [4.69, 9.17) is 14.4 Å². The van der Waals surface area contributed by atoms with E-state index in [2.05, 4.69) is 29.4 Å². The van der Waals surface area contributed by atoms with Gasteiger partial charge in [-0.05, 0) is 22.3 Å². The molecule has 2 aliphatic rings. The predicted octanol–water partition coefficient (Wildman–Crippen LogP) is 3.52. The first kappa shape index (κ1) is 17.0. The van der Waals surface area contributed by atoms with Crippen molar-refractivity contribution in [2.45, 2.75) is 18.4 Å². The highest BCUT2D eigenvalue weighted by Crippen LogP contribution is 2.44. The Kier molecular flexibility index (Phi) is 4.13. The molecule has 1 aliphatic carbocycles. The van der Waals surface area contributed by atoms with E-state index in [1.807, 2.05) is 24.3 Å². The van der Waals surface area contributed by atoms with Gasteiger partial charge < -0.3 is 19.3 Å². The van der Waals surface area contributed by atoms with Crippen molar-refractivity contribution >= 4 is 6.09 Å². The molecule has 2 heterocycles. The number of likely N-dealkylation sites (tertiary alicyclic amines) is 1. The largest absolute Gasteiger partial charge is 0.448 e. The standard InChI is InChI=1S/C22H20N2O4/c25-12-15-9-21(23-28-15)14-10-24(11-14)22(26)27-13-20-18-7-3-1-5-16(18)17-6-2-4-8-19(17)20/h1-9,14,20,25H,10-13H2. The van der Waals surface area contributed by atoms with Gasteiger partial charge in [0.1, 0.15) is 13.2 Å². The third-order valence-electron chi connectivity index (χ3n) is 5.63. The lowest BCUT2D eigenvalue weighted by atomic mass is 9.96. The Morgan fingerprint density at radius 2 is 1.75 bits per heavy atom. The van der Waals surface area contributed by atoms with Crippen LogP contribution >= 0.6 is 0 Å². The van der Waals surface area contributed by atoms with Gasteiger partial charge in [-0.3, -0.25) is 0 Å². The number of carbonyl (C=O) groups is 1. The number of hydrogen-bond acceptors (Lipinski definition) is 5. The maximum absolute atomic E-state index is 12.5. The van der Waals surface area contributed by atoms with Crippen molar-refractivity contribution < 1.29 is 19.2 Å². The summed E-state index contributed by atoms with van der Waals surface area (Å²) in [6.45, 7) is 1.25. The Bertz CT molecular complexity index is 977. The van der Waals surface area contributed by atoms with E-state index < -0.39 is 0 Å². The Morgan fingerprint density at radius 1 is 1.11 bits per heavy atom. The summed E-state index contributed by atoms with van der Waals surface area (Å²) in [5.74, 6) is 0.634. The summed E-state index contributed by atoms with van der Waals surface area (Å²) in [7, 11) is 0. The van der Waals surface area contributed by atoms with Gasteiger partial charge in [0.25, 0.3) is 0 Å². The summed E-state index contributed by atoms with van der Waals surface area (Å²) in [6.07, 6.45) is -0.302. The minimum atomic E-state index is -0.302. The molecule has 1 saturated heterocycles. The van der Waals surface area contributed by atoms with E-state index >= 15 is 0 Å². The molecule has 0 atom stereocenters. The zero-order valence-electron chi connectivity index (χ0n) is 15.2. The van der Waals surface area contributed by atoms with Crippen molar-refractivity contribution in [3.05, 3.63) is 77.2 Å². The molecule has 1 fully saturated rings. The molecule has 0 radical (unpaired) electrons. The molecule has 6 nitrogen and oxygen atoms in total. The number of ether oxygens (including phenoxy) is 1. The van der Waals surface area contributed by atoms with Crippen LogP contribution in [0.15, 0.2) is 59.1 Å². The predicted molar refractivity (Wildman–Crippen MR) is 102 cm³/mol. The van der Waals surface area contributed by atoms with Gasteiger partial charge in [-0.2, -0.15) is 0 Å². The molecule has 142 valence electrons. The molecule has 28 heavy (non-hydrogen) atoms. The summed E-state index contributed by atoms with van der Waals surface area (Å²) in [4.78, 5) is 14.1. The molecule has 3 aromatic rings. The van der Waals surface area contributed by atoms with Gasteiger partial charge in [0.05, 0.1) is 5.69 Å². The average molecular weight is 376 g/mol. The van der Waals surface area contributed by atoms with Gasteiger partial charge in [-0.1, -0.05) is 53.7 Å². The van der Waals surface area contributed by atoms with Crippen molar-refractivity contribution in [2.75, 3.05) is 19.7 Å². The smallest absolute Gasteiger partial charge is 0.409 e. The molecular weight excluding hydrogens is 356 g/mol. The van der Waals surface area contributed by atoms with E-state index in [0.717, 1.165) is 5.69 Å². The molecule has 1 amide bonds. The maximum Gasteiger partial charge on any atom is 0.409 e. The summed E-state index contributed by atoms with van der Waals surface area (Å²) in [5, 5.41) is 13.0. The molecule has 2 aromatic carbocycles. The topological polar surface area (TPSA) is 75.8 Å². The minimum absolute atomic E-state index is 0.0658. The van der Waals surface area contributed by atoms with Crippen molar-refractivity contribution in [3.63, 3.8) is 0 Å². The monoisotopic (exact) mass is 376 g/mol. The summed E-state index contributed by atoms with van der Waals surface area (Å²) in [5.41, 5.74) is 5.61. The summed E-state index contributed by atoms with van der Waals surface area (Å²) in [6, 6.07) is 18.3. The van der Waals surface area contributed by atoms with Crippen LogP contribution < -0.4 is 0 Å². The van der Waals surface area contributed by atoms with Crippen molar-refractivity contribution in [2.24, 2.45) is 0 Å². The normalized spacial score (nSPS) is 15.8. The number of rotatable bonds is 4. The van der Waals surface area contributed by atoms with Gasteiger partial charge in [0.2, 0.25) is 0 Å². The SMILES string of the molecule is O=C(OCC1c2ccccc2-c2ccccc21)N1CC(c2cc(CO)on2)C1. The van der Waals surface area contributed by atoms with Gasteiger partial charge >= 0.3 is 6.09 Å². The average Bonchev–Trinajstić information content (AvgIpc) is 3.28. The lowest BCUT2D eigenvalue weighted by Crippen LogP contribution is -2.49. The number of carbonyl (C=O) groups excluding carboxylic acids is 1. The van der Waals surface area contributed by atoms with Crippen LogP contribution in [0.2, 0.25) is 0 Å². The van der Waals surface area contributed by atoms with Crippen LogP contribution in [0.1, 0.15) is 34.4 Å². The fourth-order valence-electron chi connectivity index (χ4n) is 4.10. The number of benzene rings is 2. The highest BCUT2D eigenvalue weighted by Gasteiger charge is 2.36. The van der Waals surface area contributed by atoms with Crippen LogP contribution in [-0.2, 0) is 11.3 Å². The lowest BCUT2D eigenvalue weighted by Gasteiger charge is -2.37. The highest BCUT2D eigenvalue weighted by molar-refractivity contribution is 5.79. The first-order valence-corrected chi connectivity index (χ1v) is 9.41. The number of aliphatic hydroxyl groups excluding tert-OH is 1. The molecule has 0 unspecified atom stereocenters. The second-order valence-corrected chi connectivity index (χ2v) is 7.28. The van der Waals surface area contributed by atoms with Crippen LogP contribution in [0.25, 0.3) is 11.1 Å². The maximum atomic E-state index is 12.5. The minimum Gasteiger partial charge on any atom is -0.448 e. The van der Waals surface area contributed by atoms with Crippen LogP contribution in [-0.4, -0.2) is 41.0 Å². The number of nitrogens with zero attached hydrogens (tertiary/aromatic N) is 2. The van der Waals surface area contributed by atoms with E-state index in [1.165, 1.54) is 22.3 Å². The Hall–Kier alpha value is -3.12. The molecule has 6 heteroatoms. The molecule has 1 aromatic heterocycles. The van der Waals surface area contributed by atoms with E-state index in [0.29, 0.717) is 25.5 Å². The van der Waals surface area contributed by atoms with Gasteiger partial charge in [-0.25, -0.2) is 4.79 Å². The summed E-state index contributed by atoms with van der Waals surface area (Å²) < 4.78 is 10.7. The molecule has 1 aliphatic heterocycles. The van der Waals surface area contributed by atoms with Crippen LogP contribution in [0.5, 0.6) is 0 Å². The number of hydrogen-bond donors (Lipinski definition) is 1. The van der Waals surface area contributed by atoms with Crippen LogP contribution in [0.4, 0.5) is 4.79 Å². The third kappa shape index (κ3) is 2.77. The first-order valence-electron chi connectivity index (χ1n) is 9.41. The van der Waals surface area contributed by atoms with Crippen LogP contribution in [0.3, 0.4) is 0 Å². The quantitative estimate of drug-likeness (QED) is 0.754. The number of aliphatic hydroxyl groups is 1. The van der Waals surface area contributed by atoms with Crippen molar-refractivity contribution in [3.8, 4) is 11.1 Å². The van der Waals surface area contributed by atoms with E-state index in [1.54, 1.807) is 11.0 Å². The molecule has 1 N–H and O–H groups in total. The summed E-state index contributed by atoms with van der Waals surface area (Å²) >= 11 is 0. The molecule has 0 spiro atoms. The Balaban J connectivity index is 1.23. The van der Waals surface area contributed by atoms with Gasteiger partial charge in [0, 0.05) is 31.0 Å². The van der Waals surface area contributed by atoms with Crippen LogP contribution in [0, 0.1) is 0 Å². The lowest BCUT2D eigenvalue weighted by molar-refractivity contribution is 0.0683. The molecule has 0 bridgehead atoms. The first-order chi connectivity index (χ1) is 13.7. The number of amides is 1. The molecular formula is C22H20N2O4. The molecule has 5 rings (SSSR count). The number of aromatic nitrogens is 1. The third-order valence-corrected chi connectivity index (χ3v) is 5.63.